The maximum atomic E-state index is 12.5. The summed E-state index contributed by atoms with van der Waals surface area (Å²) in [5, 5.41) is 0. The third-order valence-electron chi connectivity index (χ3n) is 3.86. The Morgan fingerprint density at radius 1 is 1.29 bits per heavy atom. The second-order valence-corrected chi connectivity index (χ2v) is 6.80. The molecule has 1 aromatic rings. The van der Waals surface area contributed by atoms with Crippen molar-refractivity contribution in [3.8, 4) is 5.75 Å². The van der Waals surface area contributed by atoms with E-state index < -0.39 is 0 Å². The van der Waals surface area contributed by atoms with Crippen molar-refractivity contribution < 1.29 is 14.3 Å². The molecule has 0 aliphatic rings. The van der Waals surface area contributed by atoms with E-state index in [1.54, 1.807) is 18.2 Å². The average Bonchev–Trinajstić information content (AvgIpc) is 2.51. The van der Waals surface area contributed by atoms with Crippen LogP contribution >= 0.6 is 0 Å². The minimum Gasteiger partial charge on any atom is -0.493 e. The van der Waals surface area contributed by atoms with Crippen LogP contribution < -0.4 is 10.5 Å². The van der Waals surface area contributed by atoms with E-state index in [0.29, 0.717) is 36.1 Å². The fourth-order valence-corrected chi connectivity index (χ4v) is 2.38. The molecule has 136 valence electrons. The molecule has 5 heteroatoms. The number of nitrogens with two attached hydrogens (primary N) is 1. The predicted octanol–water partition coefficient (Wildman–Crippen LogP) is 3.58. The SMILES string of the molecule is CCCCOc1cc(N)ccc1C(=O)OC[C@@H](CC(C)C)N(C)C. The standard InChI is InChI=1S/C19H32N2O3/c1-6-7-10-23-18-12-15(20)8-9-17(18)19(22)24-13-16(21(4)5)11-14(2)3/h8-9,12,14,16H,6-7,10-11,13,20H2,1-5H3/t16-/m1/s1. The lowest BCUT2D eigenvalue weighted by molar-refractivity contribution is 0.0375. The molecule has 0 saturated heterocycles. The maximum Gasteiger partial charge on any atom is 0.341 e. The van der Waals surface area contributed by atoms with Gasteiger partial charge in [-0.25, -0.2) is 4.79 Å². The van der Waals surface area contributed by atoms with Crippen LogP contribution in [0.15, 0.2) is 18.2 Å². The van der Waals surface area contributed by atoms with E-state index in [1.807, 2.05) is 14.1 Å². The molecule has 24 heavy (non-hydrogen) atoms. The van der Waals surface area contributed by atoms with Gasteiger partial charge in [0.25, 0.3) is 0 Å². The normalized spacial score (nSPS) is 12.5. The Hall–Kier alpha value is -1.75. The van der Waals surface area contributed by atoms with Crippen LogP contribution in [-0.2, 0) is 4.74 Å². The summed E-state index contributed by atoms with van der Waals surface area (Å²) in [7, 11) is 4.01. The van der Waals surface area contributed by atoms with Gasteiger partial charge in [0.15, 0.2) is 0 Å². The molecule has 0 bridgehead atoms. The number of esters is 1. The van der Waals surface area contributed by atoms with Crippen molar-refractivity contribution in [2.24, 2.45) is 5.92 Å². The zero-order valence-electron chi connectivity index (χ0n) is 15.7. The highest BCUT2D eigenvalue weighted by molar-refractivity contribution is 5.93. The number of hydrogen-bond donors (Lipinski definition) is 1. The third-order valence-corrected chi connectivity index (χ3v) is 3.86. The molecule has 1 aromatic carbocycles. The minimum atomic E-state index is -0.364. The summed E-state index contributed by atoms with van der Waals surface area (Å²) in [6.07, 6.45) is 2.93. The molecular formula is C19H32N2O3. The molecular weight excluding hydrogens is 304 g/mol. The van der Waals surface area contributed by atoms with Crippen LogP contribution in [0.4, 0.5) is 5.69 Å². The Kier molecular flexibility index (Phi) is 8.61. The Labute approximate surface area is 146 Å². The molecule has 0 unspecified atom stereocenters. The number of likely N-dealkylation sites (N-methyl/N-ethyl adjacent to an activating group) is 1. The van der Waals surface area contributed by atoms with Crippen LogP contribution in [0.5, 0.6) is 5.75 Å². The average molecular weight is 336 g/mol. The summed E-state index contributed by atoms with van der Waals surface area (Å²) in [4.78, 5) is 14.6. The number of ether oxygens (including phenoxy) is 2. The minimum absolute atomic E-state index is 0.201. The summed E-state index contributed by atoms with van der Waals surface area (Å²) in [5.41, 5.74) is 6.82. The van der Waals surface area contributed by atoms with Crippen molar-refractivity contribution in [2.75, 3.05) is 33.0 Å². The first-order valence-electron chi connectivity index (χ1n) is 8.71. The molecule has 2 N–H and O–H groups in total. The van der Waals surface area contributed by atoms with Crippen LogP contribution in [0.2, 0.25) is 0 Å². The second-order valence-electron chi connectivity index (χ2n) is 6.80. The first-order valence-corrected chi connectivity index (χ1v) is 8.71. The molecule has 1 atom stereocenters. The number of nitrogen functional groups attached to an aromatic ring is 1. The number of nitrogens with zero attached hydrogens (tertiary/aromatic N) is 1. The molecule has 0 aliphatic heterocycles. The van der Waals surface area contributed by atoms with Crippen LogP contribution in [0, 0.1) is 5.92 Å². The molecule has 0 radical (unpaired) electrons. The van der Waals surface area contributed by atoms with Crippen LogP contribution in [-0.4, -0.2) is 44.2 Å². The van der Waals surface area contributed by atoms with Crippen LogP contribution in [0.3, 0.4) is 0 Å². The Morgan fingerprint density at radius 3 is 2.58 bits per heavy atom. The largest absolute Gasteiger partial charge is 0.493 e. The van der Waals surface area contributed by atoms with Gasteiger partial charge in [0.1, 0.15) is 17.9 Å². The molecule has 0 saturated carbocycles. The topological polar surface area (TPSA) is 64.8 Å². The van der Waals surface area contributed by atoms with Gasteiger partial charge in [-0.05, 0) is 45.0 Å². The fourth-order valence-electron chi connectivity index (χ4n) is 2.38. The summed E-state index contributed by atoms with van der Waals surface area (Å²) in [5.74, 6) is 0.677. The van der Waals surface area contributed by atoms with Gasteiger partial charge >= 0.3 is 5.97 Å². The van der Waals surface area contributed by atoms with Crippen molar-refractivity contribution >= 4 is 11.7 Å². The number of carbonyl (C=O) groups excluding carboxylic acids is 1. The lowest BCUT2D eigenvalue weighted by Gasteiger charge is -2.25. The van der Waals surface area contributed by atoms with Crippen molar-refractivity contribution in [3.63, 3.8) is 0 Å². The van der Waals surface area contributed by atoms with Crippen LogP contribution in [0.1, 0.15) is 50.4 Å². The first kappa shape index (κ1) is 20.3. The number of unbranched alkanes of at least 4 members (excludes halogenated alkanes) is 1. The van der Waals surface area contributed by atoms with E-state index in [2.05, 4.69) is 25.7 Å². The van der Waals surface area contributed by atoms with E-state index in [0.717, 1.165) is 19.3 Å². The number of carbonyl (C=O) groups is 1. The number of benzene rings is 1. The smallest absolute Gasteiger partial charge is 0.341 e. The Bertz CT molecular complexity index is 515. The third kappa shape index (κ3) is 6.79. The summed E-state index contributed by atoms with van der Waals surface area (Å²) < 4.78 is 11.2. The van der Waals surface area contributed by atoms with E-state index in [9.17, 15) is 4.79 Å². The van der Waals surface area contributed by atoms with Crippen LogP contribution in [0.25, 0.3) is 0 Å². The van der Waals surface area contributed by atoms with E-state index >= 15 is 0 Å². The van der Waals surface area contributed by atoms with Crippen molar-refractivity contribution in [1.29, 1.82) is 0 Å². The molecule has 0 fully saturated rings. The fraction of sp³-hybridized carbons (Fsp3) is 0.632. The molecule has 0 aromatic heterocycles. The van der Waals surface area contributed by atoms with Gasteiger partial charge in [-0.1, -0.05) is 27.2 Å². The Balaban J connectivity index is 2.75. The maximum absolute atomic E-state index is 12.5. The summed E-state index contributed by atoms with van der Waals surface area (Å²) in [6.45, 7) is 7.35. The van der Waals surface area contributed by atoms with Gasteiger partial charge in [-0.2, -0.15) is 0 Å². The monoisotopic (exact) mass is 336 g/mol. The molecule has 0 aliphatic carbocycles. The van der Waals surface area contributed by atoms with Crippen molar-refractivity contribution in [2.45, 2.75) is 46.1 Å². The van der Waals surface area contributed by atoms with E-state index in [-0.39, 0.29) is 12.0 Å². The first-order chi connectivity index (χ1) is 11.3. The van der Waals surface area contributed by atoms with Gasteiger partial charge in [-0.15, -0.1) is 0 Å². The number of hydrogen-bond acceptors (Lipinski definition) is 5. The van der Waals surface area contributed by atoms with Crippen molar-refractivity contribution in [3.05, 3.63) is 23.8 Å². The summed E-state index contributed by atoms with van der Waals surface area (Å²) >= 11 is 0. The number of anilines is 1. The van der Waals surface area contributed by atoms with E-state index in [4.69, 9.17) is 15.2 Å². The quantitative estimate of drug-likeness (QED) is 0.402. The Morgan fingerprint density at radius 2 is 2.00 bits per heavy atom. The second kappa shape index (κ2) is 10.2. The number of rotatable bonds is 10. The predicted molar refractivity (Wildman–Crippen MR) is 98.5 cm³/mol. The molecule has 0 spiro atoms. The highest BCUT2D eigenvalue weighted by Gasteiger charge is 2.19. The lowest BCUT2D eigenvalue weighted by Crippen LogP contribution is -2.34. The highest BCUT2D eigenvalue weighted by Crippen LogP contribution is 2.23. The highest BCUT2D eigenvalue weighted by atomic mass is 16.5. The van der Waals surface area contributed by atoms with Gasteiger partial charge in [-0.3, -0.25) is 0 Å². The molecule has 0 heterocycles. The lowest BCUT2D eigenvalue weighted by atomic mass is 10.0. The zero-order valence-corrected chi connectivity index (χ0v) is 15.7. The van der Waals surface area contributed by atoms with E-state index in [1.165, 1.54) is 0 Å². The molecule has 0 amide bonds. The van der Waals surface area contributed by atoms with Gasteiger partial charge < -0.3 is 20.1 Å². The molecule has 1 rings (SSSR count). The van der Waals surface area contributed by atoms with Gasteiger partial charge in [0.05, 0.1) is 6.61 Å². The zero-order chi connectivity index (χ0) is 18.1. The summed E-state index contributed by atoms with van der Waals surface area (Å²) in [6, 6.07) is 5.25. The van der Waals surface area contributed by atoms with Gasteiger partial charge in [0, 0.05) is 17.8 Å². The van der Waals surface area contributed by atoms with Crippen molar-refractivity contribution in [1.82, 2.24) is 4.90 Å². The molecule has 5 nitrogen and oxygen atoms in total. The van der Waals surface area contributed by atoms with Gasteiger partial charge in [0.2, 0.25) is 0 Å².